The minimum atomic E-state index is -3.91. The molecule has 91 heavy (non-hydrogen) atoms. The van der Waals surface area contributed by atoms with Crippen LogP contribution in [0.4, 0.5) is 0 Å². The molecular weight excluding hydrogens is 1340 g/mol. The lowest BCUT2D eigenvalue weighted by Gasteiger charge is -2.16. The van der Waals surface area contributed by atoms with Crippen molar-refractivity contribution in [2.75, 3.05) is 34.5 Å². The van der Waals surface area contributed by atoms with Crippen molar-refractivity contribution < 1.29 is 68.4 Å². The number of aliphatic carboxylic acids is 1. The standard InChI is InChI=1S/C23H28ClNO5SSi.C19H17ClO5S.C17H25NO3Si.C6H4Cl2O2S/c1-16-20(15-23(26)30-12-13-32(3,4)5)21-14-18(29-2)8-11-22(21)25(16)31(27,28)19-9-6-17(24)7-10-19;1-11-16(10-18(21)22)17-9-13(25-2)5-8-15(17)19(11)26(23,24)14-6-3-12(20)4-7-14;1-12-14(11-17(19)21-8-9-22(3,4)5)15-10-13(20-2)6-7-16(15)18-12;7-5-1-3-6(4-2-5)11(8,9)10/h6-11,14H,12-13,15H2,1-5H3;3-9,19H,10H2,1-2H3,(H,21,22);6-7,10,18H,8-9,11H2,1-5H3;1-4H. The van der Waals surface area contributed by atoms with Crippen molar-refractivity contribution in [2.24, 2.45) is 0 Å². The van der Waals surface area contributed by atoms with Gasteiger partial charge in [0, 0.05) is 69.6 Å². The number of rotatable bonds is 20. The number of nitrogens with one attached hydrogen (secondary N) is 1. The summed E-state index contributed by atoms with van der Waals surface area (Å²) in [4.78, 5) is 39.6. The van der Waals surface area contributed by atoms with Gasteiger partial charge in [0.15, 0.2) is 9.84 Å². The van der Waals surface area contributed by atoms with Crippen LogP contribution in [0.1, 0.15) is 52.2 Å². The first-order chi connectivity index (χ1) is 42.5. The number of H-pyrrole nitrogens is 1. The van der Waals surface area contributed by atoms with E-state index in [0.717, 1.165) is 40.0 Å². The molecule has 0 radical (unpaired) electrons. The number of esters is 2. The molecule has 2 aromatic heterocycles. The number of carboxylic acid groups (broad SMARTS) is 1. The molecule has 1 aliphatic rings. The first-order valence-electron chi connectivity index (χ1n) is 28.4. The van der Waals surface area contributed by atoms with Gasteiger partial charge in [0.05, 0.1) is 74.0 Å². The summed E-state index contributed by atoms with van der Waals surface area (Å²) in [5, 5.41) is 11.4. The van der Waals surface area contributed by atoms with Gasteiger partial charge in [-0.25, -0.2) is 29.2 Å². The minimum absolute atomic E-state index is 0.0235. The van der Waals surface area contributed by atoms with Crippen molar-refractivity contribution in [1.29, 1.82) is 0 Å². The number of hydrogen-bond acceptors (Lipinski definition) is 14. The summed E-state index contributed by atoms with van der Waals surface area (Å²) in [6, 6.07) is 35.5. The topological polar surface area (TPSA) is 241 Å². The number of methoxy groups -OCH3 is 3. The van der Waals surface area contributed by atoms with Crippen LogP contribution in [0.15, 0.2) is 148 Å². The maximum atomic E-state index is 13.5. The number of fused-ring (bicyclic) bond motifs is 3. The van der Waals surface area contributed by atoms with E-state index in [4.69, 9.17) is 69.2 Å². The van der Waals surface area contributed by atoms with Gasteiger partial charge in [-0.3, -0.25) is 14.4 Å². The molecule has 0 saturated heterocycles. The molecule has 0 bridgehead atoms. The molecule has 0 saturated carbocycles. The third kappa shape index (κ3) is 19.5. The summed E-state index contributed by atoms with van der Waals surface area (Å²) < 4.78 is 103. The van der Waals surface area contributed by atoms with Gasteiger partial charge in [-0.05, 0) is 188 Å². The number of carboxylic acids is 1. The van der Waals surface area contributed by atoms with Gasteiger partial charge in [-0.1, -0.05) is 80.2 Å². The van der Waals surface area contributed by atoms with Crippen LogP contribution in [0, 0.1) is 13.8 Å². The van der Waals surface area contributed by atoms with Gasteiger partial charge in [0.1, 0.15) is 22.5 Å². The molecular formula is C65H74Cl4N2O15S3Si2. The smallest absolute Gasteiger partial charge is 0.310 e. The van der Waals surface area contributed by atoms with E-state index in [0.29, 0.717) is 90.6 Å². The Morgan fingerprint density at radius 3 is 1.47 bits per heavy atom. The molecule has 2 heterocycles. The number of aromatic nitrogens is 2. The maximum absolute atomic E-state index is 13.5. The van der Waals surface area contributed by atoms with Crippen LogP contribution in [0.25, 0.3) is 27.4 Å². The first kappa shape index (κ1) is 73.4. The fourth-order valence-corrected chi connectivity index (χ4v) is 15.8. The van der Waals surface area contributed by atoms with Crippen LogP contribution in [-0.4, -0.2) is 108 Å². The van der Waals surface area contributed by atoms with Gasteiger partial charge in [-0.2, -0.15) is 0 Å². The molecule has 9 rings (SSSR count). The average Bonchev–Trinajstić information content (AvgIpc) is 1.62. The van der Waals surface area contributed by atoms with E-state index in [1.165, 1.54) is 83.9 Å². The summed E-state index contributed by atoms with van der Waals surface area (Å²) in [5.41, 5.74) is 6.75. The summed E-state index contributed by atoms with van der Waals surface area (Å²) in [6.45, 7) is 19.7. The maximum Gasteiger partial charge on any atom is 0.310 e. The van der Waals surface area contributed by atoms with E-state index in [1.807, 2.05) is 25.1 Å². The molecule has 17 nitrogen and oxygen atoms in total. The number of aryl methyl sites for hydroxylation is 1. The Hall–Kier alpha value is -6.61. The zero-order valence-corrected chi connectivity index (χ0v) is 60.0. The Bertz CT molecular complexity index is 4330. The molecule has 26 heteroatoms. The van der Waals surface area contributed by atoms with Crippen LogP contribution < -0.4 is 14.2 Å². The van der Waals surface area contributed by atoms with Crippen molar-refractivity contribution >= 4 is 136 Å². The molecule has 2 N–H and O–H groups in total. The largest absolute Gasteiger partial charge is 0.497 e. The van der Waals surface area contributed by atoms with E-state index in [1.54, 1.807) is 64.5 Å². The number of sulfone groups is 1. The lowest BCUT2D eigenvalue weighted by atomic mass is 10.0. The quantitative estimate of drug-likeness (QED) is 0.0410. The third-order valence-corrected chi connectivity index (χ3v) is 24.2. The molecule has 6 aromatic carbocycles. The van der Waals surface area contributed by atoms with Crippen molar-refractivity contribution in [3.63, 3.8) is 0 Å². The van der Waals surface area contributed by atoms with Crippen LogP contribution in [0.5, 0.6) is 17.2 Å². The number of benzene rings is 6. The number of aromatic amines is 1. The number of ether oxygens (including phenoxy) is 5. The Morgan fingerprint density at radius 1 is 0.560 bits per heavy atom. The zero-order chi connectivity index (χ0) is 67.6. The summed E-state index contributed by atoms with van der Waals surface area (Å²) >= 11 is 17.3. The molecule has 8 aromatic rings. The van der Waals surface area contributed by atoms with Crippen molar-refractivity contribution in [1.82, 2.24) is 8.96 Å². The molecule has 0 amide bonds. The van der Waals surface area contributed by atoms with E-state index >= 15 is 0 Å². The van der Waals surface area contributed by atoms with Crippen LogP contribution >= 0.6 is 45.5 Å². The second-order valence-electron chi connectivity index (χ2n) is 23.7. The molecule has 488 valence electrons. The Labute approximate surface area is 553 Å². The normalized spacial score (nSPS) is 13.2. The van der Waals surface area contributed by atoms with Crippen LogP contribution in [-0.2, 0) is 65.6 Å². The third-order valence-electron chi connectivity index (χ3n) is 14.7. The molecule has 1 aliphatic carbocycles. The van der Waals surface area contributed by atoms with E-state index in [2.05, 4.69) is 44.3 Å². The Kier molecular flexibility index (Phi) is 24.9. The molecule has 1 atom stereocenters. The van der Waals surface area contributed by atoms with Crippen LogP contribution in [0.2, 0.25) is 66.4 Å². The lowest BCUT2D eigenvalue weighted by molar-refractivity contribution is -0.143. The number of hydrogen-bond donors (Lipinski definition) is 2. The lowest BCUT2D eigenvalue weighted by Crippen LogP contribution is -2.23. The second-order valence-corrected chi connectivity index (χ2v) is 42.6. The second kappa shape index (κ2) is 30.9. The van der Waals surface area contributed by atoms with E-state index in [-0.39, 0.29) is 39.5 Å². The minimum Gasteiger partial charge on any atom is -0.497 e. The number of nitrogens with zero attached hydrogens (tertiary/aromatic N) is 1. The predicted molar refractivity (Wildman–Crippen MR) is 366 cm³/mol. The molecule has 1 unspecified atom stereocenters. The van der Waals surface area contributed by atoms with Gasteiger partial charge < -0.3 is 33.8 Å². The van der Waals surface area contributed by atoms with Gasteiger partial charge >= 0.3 is 17.9 Å². The summed E-state index contributed by atoms with van der Waals surface area (Å²) in [6.07, 6.45) is 0.0215. The molecule has 0 spiro atoms. The first-order valence-corrected chi connectivity index (χ1v) is 42.3. The summed E-state index contributed by atoms with van der Waals surface area (Å²) in [7, 11) is -4.05. The highest BCUT2D eigenvalue weighted by Crippen LogP contribution is 2.49. The average molecular weight is 1420 g/mol. The Balaban J connectivity index is 0.000000203. The van der Waals surface area contributed by atoms with E-state index < -0.39 is 56.3 Å². The number of carbonyl (C=O) groups is 3. The van der Waals surface area contributed by atoms with Gasteiger partial charge in [0.25, 0.3) is 19.1 Å². The van der Waals surface area contributed by atoms with E-state index in [9.17, 15) is 44.7 Å². The molecule has 0 fully saturated rings. The number of halogens is 4. The Morgan fingerprint density at radius 2 is 1.00 bits per heavy atom. The fourth-order valence-electron chi connectivity index (χ4n) is 9.75. The van der Waals surface area contributed by atoms with Crippen molar-refractivity contribution in [2.45, 2.75) is 111 Å². The predicted octanol–water partition coefficient (Wildman–Crippen LogP) is 15.6. The SMILES string of the molecule is COc1ccc2[nH]c(C)c(CC(=O)OCC[Si](C)(C)C)c2c1.COc1ccc2c(c1)C(CC(=O)O)=C(C)C2S(=O)(=O)c1ccc(Cl)cc1.COc1ccc2c(c1)c(CC(=O)OCC[Si](C)(C)C)c(C)n2S(=O)(=O)c1ccc(Cl)cc1.O=S(=O)(Cl)c1ccc(Cl)cc1. The van der Waals surface area contributed by atoms with Gasteiger partial charge in [-0.15, -0.1) is 0 Å². The molecule has 0 aliphatic heterocycles. The highest BCUT2D eigenvalue weighted by atomic mass is 35.7. The van der Waals surface area contributed by atoms with Gasteiger partial charge in [0.2, 0.25) is 0 Å². The van der Waals surface area contributed by atoms with Crippen molar-refractivity contribution in [3.05, 3.63) is 182 Å². The highest BCUT2D eigenvalue weighted by Gasteiger charge is 2.40. The van der Waals surface area contributed by atoms with Crippen molar-refractivity contribution in [3.8, 4) is 17.2 Å². The number of carbonyl (C=O) groups excluding carboxylic acids is 2. The summed E-state index contributed by atoms with van der Waals surface area (Å²) in [5.74, 6) is 0.357. The monoisotopic (exact) mass is 1410 g/mol. The zero-order valence-electron chi connectivity index (χ0n) is 52.5. The highest BCUT2D eigenvalue weighted by molar-refractivity contribution is 8.13. The fraction of sp³-hybridized carbons (Fsp3) is 0.308. The van der Waals surface area contributed by atoms with Crippen LogP contribution in [0.3, 0.4) is 0 Å².